The number of rotatable bonds is 5. The van der Waals surface area contributed by atoms with Crippen molar-refractivity contribution in [3.8, 4) is 0 Å². The molecule has 0 bridgehead atoms. The summed E-state index contributed by atoms with van der Waals surface area (Å²) in [5.74, 6) is -0.0747. The van der Waals surface area contributed by atoms with E-state index in [1.54, 1.807) is 0 Å². The number of nitrogens with one attached hydrogen (secondary N) is 1. The number of anilines is 2. The van der Waals surface area contributed by atoms with Crippen LogP contribution in [0.2, 0.25) is 0 Å². The minimum atomic E-state index is -0.0747. The molecule has 2 aromatic rings. The lowest BCUT2D eigenvalue weighted by molar-refractivity contribution is 0.102. The van der Waals surface area contributed by atoms with E-state index in [2.05, 4.69) is 24.1 Å². The zero-order valence-corrected chi connectivity index (χ0v) is 14.1. The minimum Gasteiger partial charge on any atom is -0.372 e. The lowest BCUT2D eigenvalue weighted by Gasteiger charge is -2.21. The van der Waals surface area contributed by atoms with E-state index in [1.165, 1.54) is 5.69 Å². The molecule has 22 heavy (non-hydrogen) atoms. The average molecular weight is 319 g/mol. The monoisotopic (exact) mass is 318 g/mol. The molecule has 0 radical (unpaired) electrons. The first-order chi connectivity index (χ1) is 10.1. The minimum absolute atomic E-state index is 0. The van der Waals surface area contributed by atoms with E-state index in [0.717, 1.165) is 24.3 Å². The van der Waals surface area contributed by atoms with E-state index in [4.69, 9.17) is 0 Å². The summed E-state index contributed by atoms with van der Waals surface area (Å²) in [4.78, 5) is 14.4. The molecule has 0 spiro atoms. The van der Waals surface area contributed by atoms with Crippen molar-refractivity contribution in [3.63, 3.8) is 0 Å². The fraction of sp³-hybridized carbons (Fsp3) is 0.278. The maximum absolute atomic E-state index is 12.2. The van der Waals surface area contributed by atoms with Gasteiger partial charge in [-0.2, -0.15) is 0 Å². The molecule has 0 saturated heterocycles. The standard InChI is InChI=1S/C18H22N2O.ClH/c1-4-20(5-2)17-11-9-16(10-12-17)19-18(21)15-8-6-7-14(3)13-15;/h6-13H,4-5H2,1-3H3,(H,19,21);1H. The van der Waals surface area contributed by atoms with Gasteiger partial charge in [-0.3, -0.25) is 4.79 Å². The molecular formula is C18H23ClN2O. The van der Waals surface area contributed by atoms with E-state index in [9.17, 15) is 4.79 Å². The molecule has 4 heteroatoms. The Kier molecular flexibility index (Phi) is 6.93. The first-order valence-electron chi connectivity index (χ1n) is 7.37. The fourth-order valence-electron chi connectivity index (χ4n) is 2.33. The van der Waals surface area contributed by atoms with Gasteiger partial charge in [0.1, 0.15) is 0 Å². The smallest absolute Gasteiger partial charge is 0.255 e. The van der Waals surface area contributed by atoms with Crippen LogP contribution in [0.1, 0.15) is 29.8 Å². The second-order valence-electron chi connectivity index (χ2n) is 5.04. The third-order valence-corrected chi connectivity index (χ3v) is 3.53. The van der Waals surface area contributed by atoms with Crippen molar-refractivity contribution < 1.29 is 4.79 Å². The number of hydrogen-bond donors (Lipinski definition) is 1. The van der Waals surface area contributed by atoms with Crippen molar-refractivity contribution in [1.29, 1.82) is 0 Å². The van der Waals surface area contributed by atoms with Crippen molar-refractivity contribution in [2.24, 2.45) is 0 Å². The second-order valence-corrected chi connectivity index (χ2v) is 5.04. The van der Waals surface area contributed by atoms with Crippen LogP contribution < -0.4 is 10.2 Å². The van der Waals surface area contributed by atoms with Crippen molar-refractivity contribution in [2.75, 3.05) is 23.3 Å². The molecule has 0 atom stereocenters. The van der Waals surface area contributed by atoms with Gasteiger partial charge < -0.3 is 10.2 Å². The topological polar surface area (TPSA) is 32.3 Å². The summed E-state index contributed by atoms with van der Waals surface area (Å²) < 4.78 is 0. The molecule has 1 amide bonds. The number of amides is 1. The molecule has 0 fully saturated rings. The molecule has 1 N–H and O–H groups in total. The van der Waals surface area contributed by atoms with Crippen molar-refractivity contribution >= 4 is 29.7 Å². The molecule has 0 aliphatic carbocycles. The summed E-state index contributed by atoms with van der Waals surface area (Å²) in [6.45, 7) is 8.21. The maximum Gasteiger partial charge on any atom is 0.255 e. The Labute approximate surface area is 138 Å². The summed E-state index contributed by atoms with van der Waals surface area (Å²) in [6, 6.07) is 15.6. The average Bonchev–Trinajstić information content (AvgIpc) is 2.50. The van der Waals surface area contributed by atoms with Gasteiger partial charge in [-0.1, -0.05) is 17.7 Å². The molecule has 3 nitrogen and oxygen atoms in total. The van der Waals surface area contributed by atoms with Gasteiger partial charge in [0.2, 0.25) is 0 Å². The first-order valence-corrected chi connectivity index (χ1v) is 7.37. The highest BCUT2D eigenvalue weighted by atomic mass is 35.5. The zero-order chi connectivity index (χ0) is 15.2. The third kappa shape index (κ3) is 4.50. The quantitative estimate of drug-likeness (QED) is 0.879. The Bertz CT molecular complexity index is 607. The van der Waals surface area contributed by atoms with Gasteiger partial charge >= 0.3 is 0 Å². The molecule has 0 saturated carbocycles. The molecule has 0 heterocycles. The van der Waals surface area contributed by atoms with Crippen LogP contribution in [0.3, 0.4) is 0 Å². The number of halogens is 1. The van der Waals surface area contributed by atoms with Crippen molar-refractivity contribution in [2.45, 2.75) is 20.8 Å². The van der Waals surface area contributed by atoms with Gasteiger partial charge in [0.15, 0.2) is 0 Å². The Hall–Kier alpha value is -2.00. The number of carbonyl (C=O) groups is 1. The molecule has 0 unspecified atom stereocenters. The highest BCUT2D eigenvalue weighted by molar-refractivity contribution is 6.04. The largest absolute Gasteiger partial charge is 0.372 e. The zero-order valence-electron chi connectivity index (χ0n) is 13.3. The van der Waals surface area contributed by atoms with Gasteiger partial charge in [0.05, 0.1) is 0 Å². The van der Waals surface area contributed by atoms with Gasteiger partial charge in [-0.25, -0.2) is 0 Å². The molecular weight excluding hydrogens is 296 g/mol. The van der Waals surface area contributed by atoms with Crippen molar-refractivity contribution in [1.82, 2.24) is 0 Å². The summed E-state index contributed by atoms with van der Waals surface area (Å²) in [5, 5.41) is 2.93. The Morgan fingerprint density at radius 1 is 1.05 bits per heavy atom. The van der Waals surface area contributed by atoms with Gasteiger partial charge in [-0.15, -0.1) is 12.4 Å². The molecule has 2 rings (SSSR count). The van der Waals surface area contributed by atoms with Crippen LogP contribution in [0.5, 0.6) is 0 Å². The lowest BCUT2D eigenvalue weighted by Crippen LogP contribution is -2.21. The third-order valence-electron chi connectivity index (χ3n) is 3.53. The fourth-order valence-corrected chi connectivity index (χ4v) is 2.33. The highest BCUT2D eigenvalue weighted by Gasteiger charge is 2.07. The first kappa shape index (κ1) is 18.1. The van der Waals surface area contributed by atoms with Gasteiger partial charge in [0.25, 0.3) is 5.91 Å². The van der Waals surface area contributed by atoms with E-state index >= 15 is 0 Å². The van der Waals surface area contributed by atoms with Crippen LogP contribution in [0.15, 0.2) is 48.5 Å². The molecule has 0 aliphatic rings. The van der Waals surface area contributed by atoms with Crippen LogP contribution in [0, 0.1) is 6.92 Å². The maximum atomic E-state index is 12.2. The number of carbonyl (C=O) groups excluding carboxylic acids is 1. The molecule has 118 valence electrons. The summed E-state index contributed by atoms with van der Waals surface area (Å²) in [7, 11) is 0. The molecule has 0 aromatic heterocycles. The van der Waals surface area contributed by atoms with Crippen LogP contribution in [0.25, 0.3) is 0 Å². The summed E-state index contributed by atoms with van der Waals surface area (Å²) >= 11 is 0. The van der Waals surface area contributed by atoms with Crippen LogP contribution in [-0.4, -0.2) is 19.0 Å². The van der Waals surface area contributed by atoms with E-state index < -0.39 is 0 Å². The Morgan fingerprint density at radius 3 is 2.23 bits per heavy atom. The second kappa shape index (κ2) is 8.44. The van der Waals surface area contributed by atoms with E-state index in [-0.39, 0.29) is 18.3 Å². The number of hydrogen-bond acceptors (Lipinski definition) is 2. The van der Waals surface area contributed by atoms with Crippen LogP contribution in [-0.2, 0) is 0 Å². The van der Waals surface area contributed by atoms with E-state index in [1.807, 2.05) is 55.5 Å². The predicted molar refractivity (Wildman–Crippen MR) is 96.4 cm³/mol. The van der Waals surface area contributed by atoms with Crippen LogP contribution >= 0.6 is 12.4 Å². The number of nitrogens with zero attached hydrogens (tertiary/aromatic N) is 1. The SMILES string of the molecule is CCN(CC)c1ccc(NC(=O)c2cccc(C)c2)cc1.Cl. The van der Waals surface area contributed by atoms with Gasteiger partial charge in [0, 0.05) is 30.0 Å². The molecule has 0 aliphatic heterocycles. The van der Waals surface area contributed by atoms with E-state index in [0.29, 0.717) is 5.56 Å². The van der Waals surface area contributed by atoms with Gasteiger partial charge in [-0.05, 0) is 57.2 Å². The number of aryl methyl sites for hydroxylation is 1. The summed E-state index contributed by atoms with van der Waals surface area (Å²) in [5.41, 5.74) is 3.76. The normalized spacial score (nSPS) is 9.77. The lowest BCUT2D eigenvalue weighted by atomic mass is 10.1. The highest BCUT2D eigenvalue weighted by Crippen LogP contribution is 2.18. The Morgan fingerprint density at radius 2 is 1.68 bits per heavy atom. The van der Waals surface area contributed by atoms with Crippen LogP contribution in [0.4, 0.5) is 11.4 Å². The predicted octanol–water partition coefficient (Wildman–Crippen LogP) is 4.52. The Balaban J connectivity index is 0.00000242. The molecule has 2 aromatic carbocycles. The summed E-state index contributed by atoms with van der Waals surface area (Å²) in [6.07, 6.45) is 0. The van der Waals surface area contributed by atoms with Crippen molar-refractivity contribution in [3.05, 3.63) is 59.7 Å². The number of benzene rings is 2.